The summed E-state index contributed by atoms with van der Waals surface area (Å²) < 4.78 is 0. The van der Waals surface area contributed by atoms with Gasteiger partial charge in [0.1, 0.15) is 60.1 Å². The van der Waals surface area contributed by atoms with E-state index in [1.807, 2.05) is 10.6 Å². The number of aliphatic hydroxyl groups is 1. The van der Waals surface area contributed by atoms with Crippen LogP contribution in [0, 0.1) is 11.8 Å². The molecule has 1 saturated heterocycles. The summed E-state index contributed by atoms with van der Waals surface area (Å²) in [5.41, 5.74) is 11.2. The number of aromatic hydroxyl groups is 1. The Morgan fingerprint density at radius 2 is 1.05 bits per heavy atom. The Kier molecular flexibility index (Phi) is 25.8. The molecule has 0 unspecified atom stereocenters. The molecule has 0 saturated carbocycles. The first-order valence-corrected chi connectivity index (χ1v) is 24.0. The predicted molar refractivity (Wildman–Crippen MR) is 261 cm³/mol. The Bertz CT molecular complexity index is 2370. The molecule has 0 aromatic heterocycles. The number of benzene rings is 1. The SMILES string of the molecule is CC[C@H](C)[C@H](NC(=O)[C@H](CC(=O)O)NC(=O)[C@H](CC(=O)O)NC(=O)[C@@H]1CCCN1C(=O)[C@H](Cc1ccc(O)cc1)NC(=O)CN)C(=O)N[C@H](C(=O)N[C@@H](CO)C(=O)N[C@@H](CC(N)=O)C(=O)N[C@@H](CC(=O)O)C(=O)O)C(C)C. The molecule has 31 heteroatoms. The van der Waals surface area contributed by atoms with Gasteiger partial charge in [0.05, 0.1) is 38.8 Å². The van der Waals surface area contributed by atoms with Gasteiger partial charge in [-0.15, -0.1) is 0 Å². The van der Waals surface area contributed by atoms with E-state index in [4.69, 9.17) is 16.6 Å². The lowest BCUT2D eigenvalue weighted by molar-refractivity contribution is -0.147. The van der Waals surface area contributed by atoms with Gasteiger partial charge in [-0.25, -0.2) is 4.79 Å². The lowest BCUT2D eigenvalue weighted by Gasteiger charge is -2.31. The molecule has 1 aromatic carbocycles. The number of carboxylic acid groups (broad SMARTS) is 4. The lowest BCUT2D eigenvalue weighted by atomic mass is 9.96. The monoisotopic (exact) mass is 1090 g/mol. The average molecular weight is 1090 g/mol. The maximum Gasteiger partial charge on any atom is 0.326 e. The van der Waals surface area contributed by atoms with E-state index in [0.717, 1.165) is 4.90 Å². The summed E-state index contributed by atoms with van der Waals surface area (Å²) in [5, 5.41) is 75.2. The van der Waals surface area contributed by atoms with E-state index in [1.165, 1.54) is 45.0 Å². The highest BCUT2D eigenvalue weighted by Gasteiger charge is 2.41. The van der Waals surface area contributed by atoms with Crippen LogP contribution < -0.4 is 54.0 Å². The number of amides is 10. The second-order valence-electron chi connectivity index (χ2n) is 18.3. The number of phenols is 1. The van der Waals surface area contributed by atoms with E-state index >= 15 is 0 Å². The Morgan fingerprint density at radius 1 is 0.597 bits per heavy atom. The van der Waals surface area contributed by atoms with Crippen molar-refractivity contribution in [1.82, 2.24) is 47.4 Å². The number of aliphatic carboxylic acids is 4. The third-order valence-electron chi connectivity index (χ3n) is 11.9. The van der Waals surface area contributed by atoms with Crippen LogP contribution >= 0.6 is 0 Å². The molecule has 0 radical (unpaired) electrons. The molecule has 0 spiro atoms. The zero-order chi connectivity index (χ0) is 58.4. The quantitative estimate of drug-likeness (QED) is 0.0319. The summed E-state index contributed by atoms with van der Waals surface area (Å²) in [6.07, 6.45) is -4.01. The van der Waals surface area contributed by atoms with Crippen molar-refractivity contribution in [1.29, 1.82) is 0 Å². The Morgan fingerprint density at radius 3 is 1.53 bits per heavy atom. The van der Waals surface area contributed by atoms with Crippen LogP contribution in [0.3, 0.4) is 0 Å². The fourth-order valence-corrected chi connectivity index (χ4v) is 7.65. The van der Waals surface area contributed by atoms with E-state index < -0.39 is 188 Å². The van der Waals surface area contributed by atoms with Crippen LogP contribution in [-0.2, 0) is 73.5 Å². The normalized spacial score (nSPS) is 16.5. The van der Waals surface area contributed by atoms with Gasteiger partial charge in [-0.05, 0) is 42.4 Å². The van der Waals surface area contributed by atoms with Gasteiger partial charge in [-0.2, -0.15) is 0 Å². The standard InChI is InChI=1S/C46H67N11O20/c1-5-21(4)37(44(74)55-36(20(2)3)43(73)54-29(19-58)41(71)50-24(14-31(48)60)38(68)53-28(46(76)77)17-35(66)67)56-40(70)26(16-34(64)65)51-39(69)25(15-33(62)63)52-42(72)30-7-6-12-57(30)45(75)27(49-32(61)18-47)13-22-8-10-23(59)11-9-22/h8-11,20-21,24-30,36-37,58-59H,5-7,12-19,47H2,1-4H3,(H2,48,60)(H,49,61)(H,50,71)(H,51,69)(H,52,72)(H,53,68)(H,54,73)(H,55,74)(H,56,70)(H,62,63)(H,64,65)(H,66,67)(H,76,77)/t21-,24-,25-,26-,27-,28-,29-,30-,36-,37-/m0/s1. The summed E-state index contributed by atoms with van der Waals surface area (Å²) in [6, 6.07) is -10.00. The van der Waals surface area contributed by atoms with E-state index in [9.17, 15) is 92.7 Å². The largest absolute Gasteiger partial charge is 0.508 e. The number of likely N-dealkylation sites (tertiary alicyclic amines) is 1. The lowest BCUT2D eigenvalue weighted by Crippen LogP contribution is -2.62. The number of carbonyl (C=O) groups is 14. The van der Waals surface area contributed by atoms with Crippen molar-refractivity contribution in [3.05, 3.63) is 29.8 Å². The minimum absolute atomic E-state index is 0.00758. The van der Waals surface area contributed by atoms with Gasteiger partial charge < -0.3 is 89.5 Å². The van der Waals surface area contributed by atoms with Gasteiger partial charge >= 0.3 is 23.9 Å². The van der Waals surface area contributed by atoms with E-state index in [2.05, 4.69) is 31.9 Å². The number of aliphatic hydroxyl groups excluding tert-OH is 1. The number of nitrogens with two attached hydrogens (primary N) is 2. The van der Waals surface area contributed by atoms with Crippen molar-refractivity contribution in [2.24, 2.45) is 23.3 Å². The molecular formula is C46H67N11O20. The fraction of sp³-hybridized carbons (Fsp3) is 0.565. The second-order valence-corrected chi connectivity index (χ2v) is 18.3. The summed E-state index contributed by atoms with van der Waals surface area (Å²) in [5.74, 6) is -19.7. The molecule has 10 atom stereocenters. The summed E-state index contributed by atoms with van der Waals surface area (Å²) in [7, 11) is 0. The van der Waals surface area contributed by atoms with Gasteiger partial charge in [-0.1, -0.05) is 46.2 Å². The van der Waals surface area contributed by atoms with Crippen LogP contribution in [0.25, 0.3) is 0 Å². The number of primary amides is 1. The Hall–Kier alpha value is -8.48. The maximum absolute atomic E-state index is 14.0. The molecule has 0 bridgehead atoms. The van der Waals surface area contributed by atoms with E-state index in [0.29, 0.717) is 5.56 Å². The minimum atomic E-state index is -2.05. The smallest absolute Gasteiger partial charge is 0.326 e. The topological polar surface area (TPSA) is 512 Å². The predicted octanol–water partition coefficient (Wildman–Crippen LogP) is -6.16. The number of rotatable bonds is 32. The third-order valence-corrected chi connectivity index (χ3v) is 11.9. The number of carbonyl (C=O) groups excluding carboxylic acids is 10. The first-order chi connectivity index (χ1) is 36.0. The van der Waals surface area contributed by atoms with Crippen LogP contribution in [0.4, 0.5) is 0 Å². The number of hydrogen-bond acceptors (Lipinski definition) is 17. The minimum Gasteiger partial charge on any atom is -0.508 e. The summed E-state index contributed by atoms with van der Waals surface area (Å²) >= 11 is 0. The number of carboxylic acids is 4. The van der Waals surface area contributed by atoms with Gasteiger partial charge in [0.2, 0.25) is 59.1 Å². The Labute approximate surface area is 439 Å². The van der Waals surface area contributed by atoms with Crippen molar-refractivity contribution in [3.8, 4) is 5.75 Å². The molecule has 1 aliphatic rings. The van der Waals surface area contributed by atoms with Crippen molar-refractivity contribution in [2.75, 3.05) is 19.7 Å². The van der Waals surface area contributed by atoms with Gasteiger partial charge in [0, 0.05) is 13.0 Å². The molecule has 1 fully saturated rings. The molecule has 0 aliphatic carbocycles. The average Bonchev–Trinajstić information content (AvgIpc) is 3.85. The first kappa shape index (κ1) is 64.6. The molecule has 1 aromatic rings. The molecule has 1 heterocycles. The molecule has 18 N–H and O–H groups in total. The zero-order valence-electron chi connectivity index (χ0n) is 42.4. The molecule has 31 nitrogen and oxygen atoms in total. The molecular weight excluding hydrogens is 1030 g/mol. The summed E-state index contributed by atoms with van der Waals surface area (Å²) in [4.78, 5) is 181. The van der Waals surface area contributed by atoms with Crippen molar-refractivity contribution in [2.45, 2.75) is 133 Å². The van der Waals surface area contributed by atoms with Gasteiger partial charge in [0.25, 0.3) is 0 Å². The van der Waals surface area contributed by atoms with Crippen molar-refractivity contribution in [3.63, 3.8) is 0 Å². The van der Waals surface area contributed by atoms with Crippen molar-refractivity contribution >= 4 is 82.9 Å². The molecule has 10 amide bonds. The number of nitrogens with zero attached hydrogens (tertiary/aromatic N) is 1. The highest BCUT2D eigenvalue weighted by atomic mass is 16.4. The maximum atomic E-state index is 14.0. The fourth-order valence-electron chi connectivity index (χ4n) is 7.65. The van der Waals surface area contributed by atoms with Crippen LogP contribution in [0.15, 0.2) is 24.3 Å². The van der Waals surface area contributed by atoms with Crippen LogP contribution in [0.1, 0.15) is 78.2 Å². The Balaban J connectivity index is 2.33. The molecule has 426 valence electrons. The first-order valence-electron chi connectivity index (χ1n) is 24.0. The van der Waals surface area contributed by atoms with E-state index in [-0.39, 0.29) is 38.0 Å². The molecule has 77 heavy (non-hydrogen) atoms. The third kappa shape index (κ3) is 21.0. The highest BCUT2D eigenvalue weighted by molar-refractivity contribution is 6.00. The number of hydrogen-bond donors (Lipinski definition) is 16. The zero-order valence-corrected chi connectivity index (χ0v) is 42.4. The number of nitrogens with one attached hydrogen (secondary N) is 8. The summed E-state index contributed by atoms with van der Waals surface area (Å²) in [6.45, 7) is 4.27. The van der Waals surface area contributed by atoms with Crippen molar-refractivity contribution < 1.29 is 97.8 Å². The second kappa shape index (κ2) is 30.8. The molecule has 1 aliphatic heterocycles. The highest BCUT2D eigenvalue weighted by Crippen LogP contribution is 2.21. The van der Waals surface area contributed by atoms with Gasteiger partial charge in [0.15, 0.2) is 0 Å². The van der Waals surface area contributed by atoms with Gasteiger partial charge in [-0.3, -0.25) is 62.3 Å². The number of phenolic OH excluding ortho intramolecular Hbond substituents is 1. The van der Waals surface area contributed by atoms with E-state index in [1.54, 1.807) is 6.92 Å². The van der Waals surface area contributed by atoms with Crippen LogP contribution in [0.2, 0.25) is 0 Å². The van der Waals surface area contributed by atoms with Crippen LogP contribution in [0.5, 0.6) is 5.75 Å². The molecule has 2 rings (SSSR count). The van der Waals surface area contributed by atoms with Crippen LogP contribution in [-0.4, -0.2) is 193 Å².